The molecule has 0 bridgehead atoms. The summed E-state index contributed by atoms with van der Waals surface area (Å²) < 4.78 is 5.12. The van der Waals surface area contributed by atoms with Crippen molar-refractivity contribution in [2.24, 2.45) is 0 Å². The lowest BCUT2D eigenvalue weighted by Gasteiger charge is -1.99. The van der Waals surface area contributed by atoms with E-state index in [2.05, 4.69) is 25.7 Å². The quantitative estimate of drug-likeness (QED) is 0.546. The van der Waals surface area contributed by atoms with Gasteiger partial charge in [0.2, 0.25) is 0 Å². The molecule has 0 atom stereocenters. The molecule has 1 heterocycles. The van der Waals surface area contributed by atoms with Gasteiger partial charge in [-0.1, -0.05) is 42.5 Å². The third-order valence-electron chi connectivity index (χ3n) is 3.18. The number of aromatic nitrogens is 1. The molecule has 2 aromatic carbocycles. The topological polar surface area (TPSA) is 59.2 Å². The van der Waals surface area contributed by atoms with Gasteiger partial charge in [0.05, 0.1) is 12.1 Å². The lowest BCUT2D eigenvalue weighted by atomic mass is 10.0. The van der Waals surface area contributed by atoms with Gasteiger partial charge in [-0.3, -0.25) is 9.59 Å². The first kappa shape index (κ1) is 17.0. The summed E-state index contributed by atoms with van der Waals surface area (Å²) in [5.74, 6) is 0.0416. The number of fused-ring (bicyclic) bond motifs is 1. The Bertz CT molecular complexity index is 796. The minimum Gasteiger partial charge on any atom is -0.468 e. The lowest BCUT2D eigenvalue weighted by Crippen LogP contribution is -1.99. The Balaban J connectivity index is 0.000000338. The van der Waals surface area contributed by atoms with Gasteiger partial charge in [0.1, 0.15) is 0 Å². The smallest absolute Gasteiger partial charge is 0.293 e. The van der Waals surface area contributed by atoms with E-state index in [9.17, 15) is 9.59 Å². The molecule has 1 N–H and O–H groups in total. The number of hydrogen-bond donors (Lipinski definition) is 1. The van der Waals surface area contributed by atoms with Crippen molar-refractivity contribution in [3.63, 3.8) is 0 Å². The standard InChI is InChI=1S/C15H10BrNO.C3H6O2/c16-13-8-4-7-11-12(9-17-14(11)13)15(18)10-5-2-1-3-6-10;1-2-5-3-4/h1-9,17H;3H,2H2,1H3. The second kappa shape index (κ2) is 8.29. The van der Waals surface area contributed by atoms with Crippen molar-refractivity contribution >= 4 is 39.1 Å². The summed E-state index contributed by atoms with van der Waals surface area (Å²) in [7, 11) is 0. The molecule has 1 aromatic heterocycles. The highest BCUT2D eigenvalue weighted by molar-refractivity contribution is 9.10. The van der Waals surface area contributed by atoms with Gasteiger partial charge in [-0.05, 0) is 28.9 Å². The van der Waals surface area contributed by atoms with E-state index in [4.69, 9.17) is 0 Å². The van der Waals surface area contributed by atoms with Crippen LogP contribution >= 0.6 is 15.9 Å². The second-order valence-corrected chi connectivity index (χ2v) is 5.47. The van der Waals surface area contributed by atoms with Crippen molar-refractivity contribution in [2.75, 3.05) is 6.61 Å². The molecule has 0 aliphatic rings. The average molecular weight is 374 g/mol. The number of benzene rings is 2. The monoisotopic (exact) mass is 373 g/mol. The van der Waals surface area contributed by atoms with Crippen LogP contribution in [-0.4, -0.2) is 23.8 Å². The van der Waals surface area contributed by atoms with Gasteiger partial charge in [-0.25, -0.2) is 0 Å². The van der Waals surface area contributed by atoms with E-state index in [0.29, 0.717) is 24.2 Å². The lowest BCUT2D eigenvalue weighted by molar-refractivity contribution is -0.128. The Kier molecular flexibility index (Phi) is 6.11. The van der Waals surface area contributed by atoms with Crippen LogP contribution in [0.5, 0.6) is 0 Å². The number of H-pyrrole nitrogens is 1. The van der Waals surface area contributed by atoms with Crippen LogP contribution < -0.4 is 0 Å². The second-order valence-electron chi connectivity index (χ2n) is 4.61. The number of hydrogen-bond acceptors (Lipinski definition) is 3. The minimum absolute atomic E-state index is 0.0416. The summed E-state index contributed by atoms with van der Waals surface area (Å²) >= 11 is 3.47. The summed E-state index contributed by atoms with van der Waals surface area (Å²) in [5.41, 5.74) is 2.37. The summed E-state index contributed by atoms with van der Waals surface area (Å²) in [5, 5.41) is 0.943. The van der Waals surface area contributed by atoms with E-state index in [1.165, 1.54) is 0 Å². The Morgan fingerprint density at radius 3 is 2.52 bits per heavy atom. The molecular weight excluding hydrogens is 358 g/mol. The van der Waals surface area contributed by atoms with E-state index in [0.717, 1.165) is 15.4 Å². The fourth-order valence-electron chi connectivity index (χ4n) is 2.12. The van der Waals surface area contributed by atoms with Gasteiger partial charge in [0.25, 0.3) is 6.47 Å². The molecule has 23 heavy (non-hydrogen) atoms. The predicted molar refractivity (Wildman–Crippen MR) is 93.6 cm³/mol. The Labute approximate surface area is 142 Å². The predicted octanol–water partition coefficient (Wildman–Crippen LogP) is 4.34. The molecule has 0 unspecified atom stereocenters. The van der Waals surface area contributed by atoms with Crippen LogP contribution in [0, 0.1) is 0 Å². The molecule has 3 rings (SSSR count). The molecule has 0 amide bonds. The Morgan fingerprint density at radius 1 is 1.17 bits per heavy atom. The van der Waals surface area contributed by atoms with Gasteiger partial charge in [-0.2, -0.15) is 0 Å². The molecule has 0 fully saturated rings. The maximum absolute atomic E-state index is 12.4. The Hall–Kier alpha value is -2.40. The summed E-state index contributed by atoms with van der Waals surface area (Å²) in [6.45, 7) is 2.66. The molecule has 3 aromatic rings. The van der Waals surface area contributed by atoms with Crippen LogP contribution in [0.3, 0.4) is 0 Å². The maximum Gasteiger partial charge on any atom is 0.293 e. The average Bonchev–Trinajstić information content (AvgIpc) is 3.02. The fraction of sp³-hybridized carbons (Fsp3) is 0.111. The molecule has 118 valence electrons. The summed E-state index contributed by atoms with van der Waals surface area (Å²) in [6.07, 6.45) is 1.77. The molecule has 0 radical (unpaired) electrons. The molecule has 0 spiro atoms. The molecule has 0 aliphatic carbocycles. The molecule has 5 heteroatoms. The van der Waals surface area contributed by atoms with E-state index in [1.807, 2.05) is 48.5 Å². The number of rotatable bonds is 4. The third kappa shape index (κ3) is 4.07. The number of carbonyl (C=O) groups excluding carboxylic acids is 2. The highest BCUT2D eigenvalue weighted by Gasteiger charge is 2.14. The first-order valence-electron chi connectivity index (χ1n) is 7.09. The van der Waals surface area contributed by atoms with Crippen LogP contribution in [0.15, 0.2) is 59.2 Å². The van der Waals surface area contributed by atoms with Crippen molar-refractivity contribution in [3.8, 4) is 0 Å². The van der Waals surface area contributed by atoms with Crippen LogP contribution in [0.4, 0.5) is 0 Å². The van der Waals surface area contributed by atoms with Crippen molar-refractivity contribution in [1.82, 2.24) is 4.98 Å². The zero-order chi connectivity index (χ0) is 16.7. The molecule has 0 aliphatic heterocycles. The largest absolute Gasteiger partial charge is 0.468 e. The highest BCUT2D eigenvalue weighted by atomic mass is 79.9. The van der Waals surface area contributed by atoms with E-state index < -0.39 is 0 Å². The number of nitrogens with one attached hydrogen (secondary N) is 1. The van der Waals surface area contributed by atoms with Gasteiger partial charge < -0.3 is 9.72 Å². The normalized spacial score (nSPS) is 9.83. The highest BCUT2D eigenvalue weighted by Crippen LogP contribution is 2.26. The van der Waals surface area contributed by atoms with Gasteiger partial charge in [0.15, 0.2) is 5.78 Å². The number of ketones is 1. The molecular formula is C18H16BrNO3. The van der Waals surface area contributed by atoms with Crippen LogP contribution in [0.1, 0.15) is 22.8 Å². The summed E-state index contributed by atoms with van der Waals surface area (Å²) in [4.78, 5) is 24.7. The number of para-hydroxylation sites is 1. The van der Waals surface area contributed by atoms with Crippen molar-refractivity contribution < 1.29 is 14.3 Å². The SMILES string of the molecule is CCOC=O.O=C(c1ccccc1)c1c[nH]c2c(Br)cccc12. The van der Waals surface area contributed by atoms with Gasteiger partial charge >= 0.3 is 0 Å². The van der Waals surface area contributed by atoms with Crippen LogP contribution in [-0.2, 0) is 9.53 Å². The van der Waals surface area contributed by atoms with Gasteiger partial charge in [-0.15, -0.1) is 0 Å². The van der Waals surface area contributed by atoms with Crippen LogP contribution in [0.2, 0.25) is 0 Å². The molecule has 0 saturated carbocycles. The number of halogens is 1. The zero-order valence-corrected chi connectivity index (χ0v) is 14.2. The zero-order valence-electron chi connectivity index (χ0n) is 12.6. The number of carbonyl (C=O) groups is 2. The summed E-state index contributed by atoms with van der Waals surface area (Å²) in [6, 6.07) is 15.2. The molecule has 4 nitrogen and oxygen atoms in total. The first-order valence-corrected chi connectivity index (χ1v) is 7.89. The van der Waals surface area contributed by atoms with E-state index in [1.54, 1.807) is 13.1 Å². The number of aromatic amines is 1. The number of ether oxygens (including phenoxy) is 1. The van der Waals surface area contributed by atoms with Crippen molar-refractivity contribution in [1.29, 1.82) is 0 Å². The van der Waals surface area contributed by atoms with E-state index >= 15 is 0 Å². The van der Waals surface area contributed by atoms with Crippen molar-refractivity contribution in [3.05, 3.63) is 70.3 Å². The first-order chi connectivity index (χ1) is 11.2. The van der Waals surface area contributed by atoms with Gasteiger partial charge in [0, 0.05) is 27.2 Å². The maximum atomic E-state index is 12.4. The Morgan fingerprint density at radius 2 is 1.91 bits per heavy atom. The minimum atomic E-state index is 0.0416. The van der Waals surface area contributed by atoms with Crippen LogP contribution in [0.25, 0.3) is 10.9 Å². The molecule has 0 saturated heterocycles. The van der Waals surface area contributed by atoms with E-state index in [-0.39, 0.29) is 5.78 Å². The third-order valence-corrected chi connectivity index (χ3v) is 3.84. The van der Waals surface area contributed by atoms with Crippen molar-refractivity contribution in [2.45, 2.75) is 6.92 Å². The fourth-order valence-corrected chi connectivity index (χ4v) is 2.60.